The van der Waals surface area contributed by atoms with Gasteiger partial charge in [-0.3, -0.25) is 19.1 Å². The van der Waals surface area contributed by atoms with E-state index in [0.29, 0.717) is 30.4 Å². The van der Waals surface area contributed by atoms with E-state index in [2.05, 4.69) is 10.3 Å². The Morgan fingerprint density at radius 3 is 2.83 bits per heavy atom. The smallest absolute Gasteiger partial charge is 0.252 e. The summed E-state index contributed by atoms with van der Waals surface area (Å²) in [6, 6.07) is 7.42. The third-order valence-corrected chi connectivity index (χ3v) is 3.82. The van der Waals surface area contributed by atoms with Crippen LogP contribution in [0.4, 0.5) is 0 Å². The summed E-state index contributed by atoms with van der Waals surface area (Å²) in [6.07, 6.45) is 2.68. The van der Waals surface area contributed by atoms with E-state index < -0.39 is 0 Å². The number of carbonyl (C=O) groups is 2. The van der Waals surface area contributed by atoms with Gasteiger partial charge in [0.2, 0.25) is 5.91 Å². The van der Waals surface area contributed by atoms with Crippen LogP contribution in [0.15, 0.2) is 46.2 Å². The lowest BCUT2D eigenvalue weighted by Gasteiger charge is -2.07. The number of rotatable bonds is 6. The molecule has 0 unspecified atom stereocenters. The minimum atomic E-state index is -0.0958. The van der Waals surface area contributed by atoms with Crippen LogP contribution in [0.3, 0.4) is 0 Å². The molecular formula is C17H21N3O2S. The number of nitrogens with zero attached hydrogens (tertiary/aromatic N) is 2. The van der Waals surface area contributed by atoms with Crippen molar-refractivity contribution in [2.24, 2.45) is 4.99 Å². The van der Waals surface area contributed by atoms with Crippen LogP contribution < -0.4 is 10.8 Å². The minimum Gasteiger partial charge on any atom is -0.352 e. The van der Waals surface area contributed by atoms with Crippen LogP contribution in [0.1, 0.15) is 41.8 Å². The average molecular weight is 331 g/mol. The van der Waals surface area contributed by atoms with Gasteiger partial charge in [-0.15, -0.1) is 0 Å². The highest BCUT2D eigenvalue weighted by molar-refractivity contribution is 7.08. The Balaban J connectivity index is 1.87. The standard InChI is InChI=1S/C17H21N3O2S/c1-13(2)19-15-6-3-4-10-20(15)16(21)7-5-9-18-17(22)14-8-11-23-12-14/h3-4,6,8,10-13H,5,7,9H2,1-2H3,(H,18,22). The van der Waals surface area contributed by atoms with Gasteiger partial charge in [0.05, 0.1) is 0 Å². The van der Waals surface area contributed by atoms with E-state index >= 15 is 0 Å². The van der Waals surface area contributed by atoms with Gasteiger partial charge in [0.15, 0.2) is 0 Å². The lowest BCUT2D eigenvalue weighted by molar-refractivity contribution is 0.0884. The molecule has 0 atom stereocenters. The first-order valence-corrected chi connectivity index (χ1v) is 8.57. The molecule has 2 aromatic heterocycles. The maximum atomic E-state index is 12.3. The molecule has 0 saturated carbocycles. The van der Waals surface area contributed by atoms with Crippen molar-refractivity contribution < 1.29 is 9.59 Å². The molecular weight excluding hydrogens is 310 g/mol. The molecule has 0 radical (unpaired) electrons. The molecule has 0 fully saturated rings. The number of thiophene rings is 1. The monoisotopic (exact) mass is 331 g/mol. The van der Waals surface area contributed by atoms with Crippen molar-refractivity contribution in [3.63, 3.8) is 0 Å². The van der Waals surface area contributed by atoms with Crippen LogP contribution in [0.2, 0.25) is 0 Å². The molecule has 122 valence electrons. The first kappa shape index (κ1) is 17.1. The van der Waals surface area contributed by atoms with Crippen molar-refractivity contribution >= 4 is 23.2 Å². The van der Waals surface area contributed by atoms with Crippen molar-refractivity contribution in [3.05, 3.63) is 52.3 Å². The van der Waals surface area contributed by atoms with Crippen LogP contribution in [-0.2, 0) is 0 Å². The lowest BCUT2D eigenvalue weighted by atomic mass is 10.2. The van der Waals surface area contributed by atoms with Gasteiger partial charge in [0.1, 0.15) is 5.49 Å². The van der Waals surface area contributed by atoms with Gasteiger partial charge >= 0.3 is 0 Å². The Morgan fingerprint density at radius 2 is 2.13 bits per heavy atom. The fraction of sp³-hybridized carbons (Fsp3) is 0.353. The summed E-state index contributed by atoms with van der Waals surface area (Å²) in [6.45, 7) is 4.42. The van der Waals surface area contributed by atoms with Crippen molar-refractivity contribution in [2.45, 2.75) is 32.7 Å². The predicted octanol–water partition coefficient (Wildman–Crippen LogP) is 2.71. The predicted molar refractivity (Wildman–Crippen MR) is 91.6 cm³/mol. The number of hydrogen-bond donors (Lipinski definition) is 1. The number of pyridine rings is 1. The molecule has 0 bridgehead atoms. The molecule has 2 heterocycles. The van der Waals surface area contributed by atoms with E-state index in [0.717, 1.165) is 0 Å². The molecule has 2 rings (SSSR count). The van der Waals surface area contributed by atoms with E-state index in [9.17, 15) is 9.59 Å². The molecule has 1 N–H and O–H groups in total. The molecule has 2 aromatic rings. The van der Waals surface area contributed by atoms with Crippen LogP contribution in [-0.4, -0.2) is 29.0 Å². The third-order valence-electron chi connectivity index (χ3n) is 3.13. The Labute approximate surface area is 139 Å². The maximum absolute atomic E-state index is 12.3. The highest BCUT2D eigenvalue weighted by atomic mass is 32.1. The van der Waals surface area contributed by atoms with Gasteiger partial charge in [-0.1, -0.05) is 6.07 Å². The number of amides is 1. The molecule has 0 aliphatic carbocycles. The number of hydrogen-bond acceptors (Lipinski definition) is 4. The van der Waals surface area contributed by atoms with Crippen molar-refractivity contribution in [2.75, 3.05) is 6.54 Å². The SMILES string of the molecule is CC(C)N=c1ccccn1C(=O)CCCNC(=O)c1ccsc1. The fourth-order valence-electron chi connectivity index (χ4n) is 2.07. The number of carbonyl (C=O) groups excluding carboxylic acids is 2. The van der Waals surface area contributed by atoms with Crippen molar-refractivity contribution in [3.8, 4) is 0 Å². The summed E-state index contributed by atoms with van der Waals surface area (Å²) in [7, 11) is 0. The van der Waals surface area contributed by atoms with Crippen LogP contribution in [0.5, 0.6) is 0 Å². The molecule has 0 spiro atoms. The van der Waals surface area contributed by atoms with Crippen LogP contribution in [0.25, 0.3) is 0 Å². The third kappa shape index (κ3) is 5.17. The molecule has 5 nitrogen and oxygen atoms in total. The van der Waals surface area contributed by atoms with Crippen molar-refractivity contribution in [1.82, 2.24) is 9.88 Å². The number of aromatic nitrogens is 1. The lowest BCUT2D eigenvalue weighted by Crippen LogP contribution is -2.29. The van der Waals surface area contributed by atoms with E-state index in [-0.39, 0.29) is 17.9 Å². The van der Waals surface area contributed by atoms with Crippen LogP contribution >= 0.6 is 11.3 Å². The molecule has 0 aliphatic heterocycles. The summed E-state index contributed by atoms with van der Waals surface area (Å²) in [5.41, 5.74) is 1.33. The molecule has 0 aromatic carbocycles. The summed E-state index contributed by atoms with van der Waals surface area (Å²) in [5, 5.41) is 6.49. The minimum absolute atomic E-state index is 0.0187. The highest BCUT2D eigenvalue weighted by Gasteiger charge is 2.07. The fourth-order valence-corrected chi connectivity index (χ4v) is 2.71. The second-order valence-electron chi connectivity index (χ2n) is 5.42. The zero-order valence-electron chi connectivity index (χ0n) is 13.4. The van der Waals surface area contributed by atoms with Gasteiger partial charge < -0.3 is 5.32 Å². The second kappa shape index (κ2) is 8.43. The summed E-state index contributed by atoms with van der Waals surface area (Å²) in [5.74, 6) is -0.114. The maximum Gasteiger partial charge on any atom is 0.252 e. The summed E-state index contributed by atoms with van der Waals surface area (Å²) in [4.78, 5) is 28.5. The Bertz CT molecular complexity index is 717. The molecule has 1 amide bonds. The van der Waals surface area contributed by atoms with E-state index in [1.807, 2.05) is 37.4 Å². The highest BCUT2D eigenvalue weighted by Crippen LogP contribution is 2.05. The number of nitrogens with one attached hydrogen (secondary N) is 1. The Hall–Kier alpha value is -2.21. The normalized spacial score (nSPS) is 11.7. The van der Waals surface area contributed by atoms with Gasteiger partial charge in [-0.05, 0) is 43.8 Å². The summed E-state index contributed by atoms with van der Waals surface area (Å²) >= 11 is 1.49. The van der Waals surface area contributed by atoms with Crippen LogP contribution in [0, 0.1) is 0 Å². The van der Waals surface area contributed by atoms with E-state index in [1.54, 1.807) is 22.2 Å². The average Bonchev–Trinajstić information content (AvgIpc) is 3.05. The van der Waals surface area contributed by atoms with E-state index in [4.69, 9.17) is 0 Å². The van der Waals surface area contributed by atoms with Crippen molar-refractivity contribution in [1.29, 1.82) is 0 Å². The first-order chi connectivity index (χ1) is 11.1. The Morgan fingerprint density at radius 1 is 1.30 bits per heavy atom. The molecule has 0 aliphatic rings. The molecule has 23 heavy (non-hydrogen) atoms. The Kier molecular flexibility index (Phi) is 6.29. The molecule has 0 saturated heterocycles. The van der Waals surface area contributed by atoms with Gasteiger partial charge in [-0.2, -0.15) is 11.3 Å². The molecule has 6 heteroatoms. The zero-order chi connectivity index (χ0) is 16.7. The largest absolute Gasteiger partial charge is 0.352 e. The van der Waals surface area contributed by atoms with E-state index in [1.165, 1.54) is 11.3 Å². The quantitative estimate of drug-likeness (QED) is 0.827. The first-order valence-electron chi connectivity index (χ1n) is 7.63. The topological polar surface area (TPSA) is 63.5 Å². The zero-order valence-corrected chi connectivity index (χ0v) is 14.2. The van der Waals surface area contributed by atoms with Gasteiger partial charge in [0.25, 0.3) is 5.91 Å². The van der Waals surface area contributed by atoms with Gasteiger partial charge in [-0.25, -0.2) is 0 Å². The van der Waals surface area contributed by atoms with Gasteiger partial charge in [0, 0.05) is 36.1 Å². The summed E-state index contributed by atoms with van der Waals surface area (Å²) < 4.78 is 1.57. The second-order valence-corrected chi connectivity index (χ2v) is 6.20.